The maximum atomic E-state index is 12.5. The molecule has 0 bridgehead atoms. The quantitative estimate of drug-likeness (QED) is 0.773. The fourth-order valence-corrected chi connectivity index (χ4v) is 3.31. The van der Waals surface area contributed by atoms with Crippen LogP contribution in [0.1, 0.15) is 34.9 Å². The van der Waals surface area contributed by atoms with Crippen molar-refractivity contribution >= 4 is 23.4 Å². The van der Waals surface area contributed by atoms with Gasteiger partial charge in [0, 0.05) is 19.5 Å². The molecule has 3 rings (SSSR count). The molecular weight excluding hydrogens is 364 g/mol. The molecular formula is C21H23ClN2O3. The molecule has 27 heavy (non-hydrogen) atoms. The molecule has 1 aliphatic heterocycles. The van der Waals surface area contributed by atoms with E-state index in [-0.39, 0.29) is 17.9 Å². The second kappa shape index (κ2) is 9.53. The third kappa shape index (κ3) is 5.31. The van der Waals surface area contributed by atoms with Gasteiger partial charge in [0.05, 0.1) is 23.7 Å². The third-order valence-corrected chi connectivity index (χ3v) is 4.89. The van der Waals surface area contributed by atoms with Crippen LogP contribution in [0, 0.1) is 0 Å². The van der Waals surface area contributed by atoms with Crippen molar-refractivity contribution < 1.29 is 14.3 Å². The lowest BCUT2D eigenvalue weighted by Gasteiger charge is -2.33. The van der Waals surface area contributed by atoms with Crippen molar-refractivity contribution in [3.63, 3.8) is 0 Å². The maximum absolute atomic E-state index is 12.5. The Morgan fingerprint density at radius 1 is 1.11 bits per heavy atom. The van der Waals surface area contributed by atoms with Crippen LogP contribution in [0.5, 0.6) is 0 Å². The van der Waals surface area contributed by atoms with E-state index in [9.17, 15) is 9.59 Å². The van der Waals surface area contributed by atoms with Crippen LogP contribution >= 0.6 is 11.6 Å². The van der Waals surface area contributed by atoms with Crippen molar-refractivity contribution in [3.8, 4) is 0 Å². The predicted molar refractivity (Wildman–Crippen MR) is 105 cm³/mol. The van der Waals surface area contributed by atoms with Crippen molar-refractivity contribution in [2.75, 3.05) is 26.2 Å². The highest BCUT2D eigenvalue weighted by Crippen LogP contribution is 2.22. The third-order valence-electron chi connectivity index (χ3n) is 4.56. The topological polar surface area (TPSA) is 58.6 Å². The van der Waals surface area contributed by atoms with Crippen molar-refractivity contribution in [3.05, 3.63) is 70.7 Å². The summed E-state index contributed by atoms with van der Waals surface area (Å²) in [5, 5.41) is 3.24. The highest BCUT2D eigenvalue weighted by Gasteiger charge is 2.24. The minimum absolute atomic E-state index is 0.0798. The smallest absolute Gasteiger partial charge is 0.252 e. The second-order valence-electron chi connectivity index (χ2n) is 6.45. The number of amides is 2. The highest BCUT2D eigenvalue weighted by molar-refractivity contribution is 6.33. The van der Waals surface area contributed by atoms with Gasteiger partial charge in [-0.2, -0.15) is 0 Å². The SMILES string of the molecule is O=C(NCCCC(=O)N1CCOC(c2ccccc2)C1)c1ccccc1Cl. The number of carbonyl (C=O) groups is 2. The summed E-state index contributed by atoms with van der Waals surface area (Å²) in [5.74, 6) is -0.130. The fourth-order valence-electron chi connectivity index (χ4n) is 3.09. The summed E-state index contributed by atoms with van der Waals surface area (Å²) in [4.78, 5) is 26.4. The van der Waals surface area contributed by atoms with Gasteiger partial charge in [-0.15, -0.1) is 0 Å². The molecule has 0 spiro atoms. The van der Waals surface area contributed by atoms with Gasteiger partial charge in [-0.3, -0.25) is 9.59 Å². The lowest BCUT2D eigenvalue weighted by molar-refractivity contribution is -0.139. The Morgan fingerprint density at radius 3 is 2.63 bits per heavy atom. The number of hydrogen-bond donors (Lipinski definition) is 1. The Labute approximate surface area is 164 Å². The molecule has 0 aromatic heterocycles. The van der Waals surface area contributed by atoms with Crippen LogP contribution in [0.3, 0.4) is 0 Å². The molecule has 1 heterocycles. The molecule has 0 saturated carbocycles. The number of morpholine rings is 1. The molecule has 2 aromatic rings. The number of hydrogen-bond acceptors (Lipinski definition) is 3. The van der Waals surface area contributed by atoms with Gasteiger partial charge < -0.3 is 15.0 Å². The molecule has 1 saturated heterocycles. The van der Waals surface area contributed by atoms with Crippen LogP contribution in [0.25, 0.3) is 0 Å². The van der Waals surface area contributed by atoms with Gasteiger partial charge >= 0.3 is 0 Å². The molecule has 0 aliphatic carbocycles. The summed E-state index contributed by atoms with van der Waals surface area (Å²) in [6, 6.07) is 16.9. The van der Waals surface area contributed by atoms with Crippen LogP contribution in [-0.2, 0) is 9.53 Å². The largest absolute Gasteiger partial charge is 0.370 e. The minimum atomic E-state index is -0.219. The van der Waals surface area contributed by atoms with E-state index >= 15 is 0 Å². The van der Waals surface area contributed by atoms with Crippen molar-refractivity contribution in [2.24, 2.45) is 0 Å². The first-order chi connectivity index (χ1) is 13.1. The molecule has 1 unspecified atom stereocenters. The summed E-state index contributed by atoms with van der Waals surface area (Å²) in [5.41, 5.74) is 1.53. The molecule has 5 nitrogen and oxygen atoms in total. The first-order valence-electron chi connectivity index (χ1n) is 9.12. The summed E-state index contributed by atoms with van der Waals surface area (Å²) in [6.45, 7) is 2.14. The average Bonchev–Trinajstić information content (AvgIpc) is 2.72. The van der Waals surface area contributed by atoms with Gasteiger partial charge in [-0.1, -0.05) is 54.1 Å². The number of nitrogens with zero attached hydrogens (tertiary/aromatic N) is 1. The van der Waals surface area contributed by atoms with E-state index in [1.807, 2.05) is 35.2 Å². The van der Waals surface area contributed by atoms with Gasteiger partial charge in [0.2, 0.25) is 5.91 Å². The van der Waals surface area contributed by atoms with Gasteiger partial charge in [-0.25, -0.2) is 0 Å². The van der Waals surface area contributed by atoms with E-state index in [4.69, 9.17) is 16.3 Å². The van der Waals surface area contributed by atoms with Crippen LogP contribution in [0.15, 0.2) is 54.6 Å². The first-order valence-corrected chi connectivity index (χ1v) is 9.50. The monoisotopic (exact) mass is 386 g/mol. The molecule has 1 fully saturated rings. The molecule has 2 amide bonds. The van der Waals surface area contributed by atoms with Crippen molar-refractivity contribution in [2.45, 2.75) is 18.9 Å². The van der Waals surface area contributed by atoms with Crippen LogP contribution in [-0.4, -0.2) is 43.0 Å². The Kier molecular flexibility index (Phi) is 6.85. The number of carbonyl (C=O) groups excluding carboxylic acids is 2. The number of ether oxygens (including phenoxy) is 1. The number of benzene rings is 2. The van der Waals surface area contributed by atoms with E-state index < -0.39 is 0 Å². The second-order valence-corrected chi connectivity index (χ2v) is 6.86. The first kappa shape index (κ1) is 19.4. The molecule has 1 aliphatic rings. The maximum Gasteiger partial charge on any atom is 0.252 e. The van der Waals surface area contributed by atoms with Gasteiger partial charge in [-0.05, 0) is 24.1 Å². The van der Waals surface area contributed by atoms with Crippen molar-refractivity contribution in [1.29, 1.82) is 0 Å². The Morgan fingerprint density at radius 2 is 1.85 bits per heavy atom. The summed E-state index contributed by atoms with van der Waals surface area (Å²) in [7, 11) is 0. The number of rotatable bonds is 6. The lowest BCUT2D eigenvalue weighted by atomic mass is 10.1. The standard InChI is InChI=1S/C21H23ClN2O3/c22-18-10-5-4-9-17(18)21(26)23-12-6-11-20(25)24-13-14-27-19(15-24)16-7-2-1-3-8-16/h1-5,7-10,19H,6,11-15H2,(H,23,26). The van der Waals surface area contributed by atoms with E-state index in [2.05, 4.69) is 5.32 Å². The van der Waals surface area contributed by atoms with Gasteiger partial charge in [0.1, 0.15) is 6.10 Å². The van der Waals surface area contributed by atoms with Crippen LogP contribution < -0.4 is 5.32 Å². The van der Waals surface area contributed by atoms with E-state index in [1.54, 1.807) is 24.3 Å². The zero-order valence-electron chi connectivity index (χ0n) is 15.1. The summed E-state index contributed by atoms with van der Waals surface area (Å²) in [6.07, 6.45) is 0.899. The predicted octanol–water partition coefficient (Wildman–Crippen LogP) is 3.45. The lowest BCUT2D eigenvalue weighted by Crippen LogP contribution is -2.42. The molecule has 2 aromatic carbocycles. The van der Waals surface area contributed by atoms with Crippen LogP contribution in [0.4, 0.5) is 0 Å². The average molecular weight is 387 g/mol. The van der Waals surface area contributed by atoms with E-state index in [1.165, 1.54) is 0 Å². The summed E-state index contributed by atoms with van der Waals surface area (Å²) >= 11 is 6.01. The van der Waals surface area contributed by atoms with Gasteiger partial charge in [0.25, 0.3) is 5.91 Å². The molecule has 1 N–H and O–H groups in total. The van der Waals surface area contributed by atoms with Gasteiger partial charge in [0.15, 0.2) is 0 Å². The van der Waals surface area contributed by atoms with Crippen molar-refractivity contribution in [1.82, 2.24) is 10.2 Å². The Bertz CT molecular complexity index is 782. The zero-order valence-corrected chi connectivity index (χ0v) is 15.8. The zero-order chi connectivity index (χ0) is 19.1. The fraction of sp³-hybridized carbons (Fsp3) is 0.333. The molecule has 0 radical (unpaired) electrons. The van der Waals surface area contributed by atoms with E-state index in [0.717, 1.165) is 5.56 Å². The number of nitrogens with one attached hydrogen (secondary N) is 1. The Balaban J connectivity index is 1.43. The highest BCUT2D eigenvalue weighted by atomic mass is 35.5. The van der Waals surface area contributed by atoms with E-state index in [0.29, 0.717) is 49.7 Å². The molecule has 1 atom stereocenters. The molecule has 142 valence electrons. The summed E-state index contributed by atoms with van der Waals surface area (Å²) < 4.78 is 5.80. The van der Waals surface area contributed by atoms with Crippen LogP contribution in [0.2, 0.25) is 5.02 Å². The normalized spacial score (nSPS) is 16.8. The number of halogens is 1. The Hall–Kier alpha value is -2.37. The molecule has 6 heteroatoms. The minimum Gasteiger partial charge on any atom is -0.370 e.